The highest BCUT2D eigenvalue weighted by Gasteiger charge is 2.28. The molecule has 0 spiro atoms. The highest BCUT2D eigenvalue weighted by molar-refractivity contribution is 7.90. The van der Waals surface area contributed by atoms with E-state index in [0.717, 1.165) is 6.26 Å². The van der Waals surface area contributed by atoms with Gasteiger partial charge in [-0.1, -0.05) is 6.07 Å². The molecule has 110 valence electrons. The van der Waals surface area contributed by atoms with Gasteiger partial charge in [0.15, 0.2) is 16.1 Å². The van der Waals surface area contributed by atoms with Gasteiger partial charge in [-0.25, -0.2) is 8.42 Å². The van der Waals surface area contributed by atoms with Crippen LogP contribution in [0.3, 0.4) is 0 Å². The summed E-state index contributed by atoms with van der Waals surface area (Å²) in [6, 6.07) is 4.78. The largest absolute Gasteiger partial charge is 0.372 e. The molecule has 0 aromatic heterocycles. The number of rotatable bonds is 3. The average molecular weight is 297 g/mol. The monoisotopic (exact) mass is 297 g/mol. The fraction of sp³-hybridized carbons (Fsp3) is 0.500. The molecule has 1 heterocycles. The zero-order valence-electron chi connectivity index (χ0n) is 11.9. The van der Waals surface area contributed by atoms with Crippen LogP contribution < -0.4 is 4.90 Å². The number of benzene rings is 1. The maximum atomic E-state index is 12.0. The van der Waals surface area contributed by atoms with Crippen molar-refractivity contribution in [2.45, 2.75) is 31.0 Å². The normalized spacial score (nSPS) is 23.6. The summed E-state index contributed by atoms with van der Waals surface area (Å²) in [4.78, 5) is 13.4. The molecular weight excluding hydrogens is 278 g/mol. The van der Waals surface area contributed by atoms with E-state index >= 15 is 0 Å². The Kier molecular flexibility index (Phi) is 4.15. The van der Waals surface area contributed by atoms with E-state index < -0.39 is 9.84 Å². The van der Waals surface area contributed by atoms with E-state index in [1.165, 1.54) is 0 Å². The first-order valence-electron chi connectivity index (χ1n) is 6.51. The van der Waals surface area contributed by atoms with Crippen LogP contribution in [0.2, 0.25) is 0 Å². The highest BCUT2D eigenvalue weighted by atomic mass is 32.2. The minimum atomic E-state index is -3.39. The second-order valence-corrected chi connectivity index (χ2v) is 7.23. The first-order valence-corrected chi connectivity index (χ1v) is 8.40. The number of aldehydes is 1. The van der Waals surface area contributed by atoms with E-state index in [0.29, 0.717) is 30.6 Å². The molecule has 0 saturated carbocycles. The van der Waals surface area contributed by atoms with Crippen molar-refractivity contribution in [3.8, 4) is 0 Å². The van der Waals surface area contributed by atoms with Crippen LogP contribution >= 0.6 is 0 Å². The molecule has 0 N–H and O–H groups in total. The maximum absolute atomic E-state index is 12.0. The van der Waals surface area contributed by atoms with E-state index in [1.54, 1.807) is 18.2 Å². The van der Waals surface area contributed by atoms with Crippen LogP contribution in [0.5, 0.6) is 0 Å². The lowest BCUT2D eigenvalue weighted by atomic mass is 10.1. The topological polar surface area (TPSA) is 63.7 Å². The molecule has 2 rings (SSSR count). The van der Waals surface area contributed by atoms with Crippen molar-refractivity contribution in [2.24, 2.45) is 0 Å². The Bertz CT molecular complexity index is 602. The molecule has 0 radical (unpaired) electrons. The second kappa shape index (κ2) is 5.54. The number of anilines is 1. The van der Waals surface area contributed by atoms with Crippen LogP contribution in [0, 0.1) is 0 Å². The summed E-state index contributed by atoms with van der Waals surface area (Å²) in [5, 5.41) is 0. The molecule has 5 nitrogen and oxygen atoms in total. The minimum Gasteiger partial charge on any atom is -0.372 e. The molecule has 0 bridgehead atoms. The standard InChI is InChI=1S/C14H19NO4S/c1-10-7-15(8-11(2)19-10)14-12(9-16)5-4-6-13(14)20(3,17)18/h4-6,9-11H,7-8H2,1-3H3/t10-,11?/m0/s1. The van der Waals surface area contributed by atoms with E-state index in [4.69, 9.17) is 4.74 Å². The Hall–Kier alpha value is -1.40. The fourth-order valence-electron chi connectivity index (χ4n) is 2.63. The van der Waals surface area contributed by atoms with Gasteiger partial charge in [0.05, 0.1) is 22.8 Å². The number of para-hydroxylation sites is 1. The molecule has 1 aromatic rings. The lowest BCUT2D eigenvalue weighted by molar-refractivity contribution is -0.00541. The minimum absolute atomic E-state index is 0.00846. The molecule has 1 fully saturated rings. The summed E-state index contributed by atoms with van der Waals surface area (Å²) in [7, 11) is -3.39. The first-order chi connectivity index (χ1) is 9.32. The van der Waals surface area contributed by atoms with Crippen molar-refractivity contribution in [3.63, 3.8) is 0 Å². The third-order valence-corrected chi connectivity index (χ3v) is 4.42. The van der Waals surface area contributed by atoms with Gasteiger partial charge in [-0.05, 0) is 26.0 Å². The zero-order chi connectivity index (χ0) is 14.9. The quantitative estimate of drug-likeness (QED) is 0.791. The molecule has 1 aromatic carbocycles. The van der Waals surface area contributed by atoms with E-state index in [2.05, 4.69) is 0 Å². The number of ether oxygens (including phenoxy) is 1. The van der Waals surface area contributed by atoms with Gasteiger partial charge in [-0.2, -0.15) is 0 Å². The van der Waals surface area contributed by atoms with Gasteiger partial charge in [0.1, 0.15) is 0 Å². The van der Waals surface area contributed by atoms with Crippen LogP contribution in [0.4, 0.5) is 5.69 Å². The van der Waals surface area contributed by atoms with E-state index in [1.807, 2.05) is 18.7 Å². The highest BCUT2D eigenvalue weighted by Crippen LogP contribution is 2.31. The van der Waals surface area contributed by atoms with Crippen molar-refractivity contribution < 1.29 is 17.9 Å². The third-order valence-electron chi connectivity index (χ3n) is 3.29. The molecule has 1 aliphatic rings. The Labute approximate surface area is 119 Å². The van der Waals surface area contributed by atoms with Gasteiger partial charge in [0.2, 0.25) is 0 Å². The number of hydrogen-bond acceptors (Lipinski definition) is 5. The summed E-state index contributed by atoms with van der Waals surface area (Å²) in [6.45, 7) is 5.01. The van der Waals surface area contributed by atoms with Crippen molar-refractivity contribution >= 4 is 21.8 Å². The Balaban J connectivity index is 2.56. The van der Waals surface area contributed by atoms with Gasteiger partial charge >= 0.3 is 0 Å². The Morgan fingerprint density at radius 3 is 2.35 bits per heavy atom. The van der Waals surface area contributed by atoms with Crippen LogP contribution in [-0.2, 0) is 14.6 Å². The van der Waals surface area contributed by atoms with Gasteiger partial charge < -0.3 is 9.64 Å². The number of hydrogen-bond donors (Lipinski definition) is 0. The molecular formula is C14H19NO4S. The third kappa shape index (κ3) is 3.02. The molecule has 0 aliphatic carbocycles. The van der Waals surface area contributed by atoms with Crippen molar-refractivity contribution in [2.75, 3.05) is 24.2 Å². The second-order valence-electron chi connectivity index (χ2n) is 5.25. The number of morpholine rings is 1. The van der Waals surface area contributed by atoms with Crippen LogP contribution in [0.25, 0.3) is 0 Å². The number of carbonyl (C=O) groups excluding carboxylic acids is 1. The fourth-order valence-corrected chi connectivity index (χ4v) is 3.56. The van der Waals surface area contributed by atoms with Gasteiger partial charge in [0, 0.05) is 24.9 Å². The summed E-state index contributed by atoms with van der Waals surface area (Å²) in [6.07, 6.45) is 1.85. The Morgan fingerprint density at radius 2 is 1.85 bits per heavy atom. The molecule has 2 atom stereocenters. The van der Waals surface area contributed by atoms with Crippen LogP contribution in [-0.4, -0.2) is 46.3 Å². The van der Waals surface area contributed by atoms with Crippen molar-refractivity contribution in [1.29, 1.82) is 0 Å². The molecule has 1 aliphatic heterocycles. The zero-order valence-corrected chi connectivity index (χ0v) is 12.7. The number of carbonyl (C=O) groups is 1. The summed E-state index contributed by atoms with van der Waals surface area (Å²) in [5.74, 6) is 0. The van der Waals surface area contributed by atoms with Crippen LogP contribution in [0.15, 0.2) is 23.1 Å². The lowest BCUT2D eigenvalue weighted by Crippen LogP contribution is -2.46. The van der Waals surface area contributed by atoms with Gasteiger partial charge in [0.25, 0.3) is 0 Å². The SMILES string of the molecule is CC1CN(c2c(C=O)cccc2S(C)(=O)=O)C[C@H](C)O1. The molecule has 1 unspecified atom stereocenters. The summed E-state index contributed by atoms with van der Waals surface area (Å²) in [5.41, 5.74) is 0.890. The molecule has 20 heavy (non-hydrogen) atoms. The van der Waals surface area contributed by atoms with Crippen molar-refractivity contribution in [3.05, 3.63) is 23.8 Å². The average Bonchev–Trinajstić information content (AvgIpc) is 2.35. The summed E-state index contributed by atoms with van der Waals surface area (Å²) >= 11 is 0. The Morgan fingerprint density at radius 1 is 1.25 bits per heavy atom. The van der Waals surface area contributed by atoms with Crippen LogP contribution in [0.1, 0.15) is 24.2 Å². The van der Waals surface area contributed by atoms with Gasteiger partial charge in [-0.15, -0.1) is 0 Å². The predicted molar refractivity (Wildman–Crippen MR) is 77.2 cm³/mol. The predicted octanol–water partition coefficient (Wildman–Crippen LogP) is 1.52. The molecule has 1 saturated heterocycles. The lowest BCUT2D eigenvalue weighted by Gasteiger charge is -2.38. The molecule has 6 heteroatoms. The number of sulfone groups is 1. The first kappa shape index (κ1) is 15.0. The number of nitrogens with zero attached hydrogens (tertiary/aromatic N) is 1. The molecule has 0 amide bonds. The maximum Gasteiger partial charge on any atom is 0.177 e. The van der Waals surface area contributed by atoms with Crippen molar-refractivity contribution in [1.82, 2.24) is 0 Å². The van der Waals surface area contributed by atoms with E-state index in [-0.39, 0.29) is 17.1 Å². The summed E-state index contributed by atoms with van der Waals surface area (Å²) < 4.78 is 29.6. The smallest absolute Gasteiger partial charge is 0.177 e. The van der Waals surface area contributed by atoms with E-state index in [9.17, 15) is 13.2 Å². The van der Waals surface area contributed by atoms with Gasteiger partial charge in [-0.3, -0.25) is 4.79 Å².